The SMILES string of the molecule is [CH2]C(S)CCC=C. The van der Waals surface area contributed by atoms with Crippen molar-refractivity contribution in [3.05, 3.63) is 19.6 Å². The Labute approximate surface area is 51.0 Å². The molecule has 0 saturated heterocycles. The third-order valence-corrected chi connectivity index (χ3v) is 0.962. The normalized spacial score (nSPS) is 13.4. The maximum Gasteiger partial charge on any atom is 0.00201 e. The van der Waals surface area contributed by atoms with Gasteiger partial charge in [-0.2, -0.15) is 12.6 Å². The fourth-order valence-electron chi connectivity index (χ4n) is 0.310. The molecule has 0 aliphatic rings. The van der Waals surface area contributed by atoms with Crippen molar-refractivity contribution in [1.29, 1.82) is 0 Å². The van der Waals surface area contributed by atoms with Gasteiger partial charge in [-0.15, -0.1) is 6.58 Å². The van der Waals surface area contributed by atoms with Crippen LogP contribution in [0.15, 0.2) is 12.7 Å². The van der Waals surface area contributed by atoms with Crippen molar-refractivity contribution in [2.24, 2.45) is 0 Å². The van der Waals surface area contributed by atoms with Crippen molar-refractivity contribution in [2.45, 2.75) is 18.1 Å². The number of rotatable bonds is 3. The van der Waals surface area contributed by atoms with E-state index in [4.69, 9.17) is 0 Å². The highest BCUT2D eigenvalue weighted by Gasteiger charge is 1.88. The smallest absolute Gasteiger partial charge is 0.00201 e. The standard InChI is InChI=1S/C6H11S/c1-3-4-5-6(2)7/h3,6-7H,1-2,4-5H2. The van der Waals surface area contributed by atoms with Crippen LogP contribution in [0, 0.1) is 6.92 Å². The predicted molar refractivity (Wildman–Crippen MR) is 37.6 cm³/mol. The molecule has 0 aromatic rings. The lowest BCUT2D eigenvalue weighted by molar-refractivity contribution is 0.887. The first-order valence-electron chi connectivity index (χ1n) is 2.39. The second-order valence-corrected chi connectivity index (χ2v) is 2.25. The van der Waals surface area contributed by atoms with Crippen LogP contribution in [0.5, 0.6) is 0 Å². The van der Waals surface area contributed by atoms with E-state index in [0.717, 1.165) is 12.8 Å². The summed E-state index contributed by atoms with van der Waals surface area (Å²) < 4.78 is 0. The minimum atomic E-state index is 0.276. The molecule has 0 aromatic carbocycles. The Morgan fingerprint density at radius 3 is 2.43 bits per heavy atom. The molecule has 1 radical (unpaired) electrons. The van der Waals surface area contributed by atoms with Gasteiger partial charge in [-0.1, -0.05) is 6.08 Å². The monoisotopic (exact) mass is 115 g/mol. The average molecular weight is 115 g/mol. The molecule has 0 aromatic heterocycles. The van der Waals surface area contributed by atoms with Gasteiger partial charge in [0.1, 0.15) is 0 Å². The minimum Gasteiger partial charge on any atom is -0.176 e. The molecule has 0 heterocycles. The van der Waals surface area contributed by atoms with E-state index in [1.165, 1.54) is 0 Å². The van der Waals surface area contributed by atoms with Gasteiger partial charge in [0.25, 0.3) is 0 Å². The topological polar surface area (TPSA) is 0 Å². The van der Waals surface area contributed by atoms with E-state index in [2.05, 4.69) is 26.1 Å². The molecular weight excluding hydrogens is 104 g/mol. The Morgan fingerprint density at radius 2 is 2.29 bits per heavy atom. The Bertz CT molecular complexity index is 48.1. The summed E-state index contributed by atoms with van der Waals surface area (Å²) in [4.78, 5) is 0. The van der Waals surface area contributed by atoms with Gasteiger partial charge in [0, 0.05) is 5.25 Å². The zero-order chi connectivity index (χ0) is 5.70. The van der Waals surface area contributed by atoms with Gasteiger partial charge >= 0.3 is 0 Å². The second-order valence-electron chi connectivity index (χ2n) is 1.52. The van der Waals surface area contributed by atoms with Crippen LogP contribution in [0.1, 0.15) is 12.8 Å². The van der Waals surface area contributed by atoms with E-state index in [9.17, 15) is 0 Å². The average Bonchev–Trinajstić information content (AvgIpc) is 1.61. The fourth-order valence-corrected chi connectivity index (χ4v) is 0.459. The summed E-state index contributed by atoms with van der Waals surface area (Å²) in [5, 5.41) is 0.276. The lowest BCUT2D eigenvalue weighted by Crippen LogP contribution is -1.87. The number of hydrogen-bond acceptors (Lipinski definition) is 1. The highest BCUT2D eigenvalue weighted by Crippen LogP contribution is 2.01. The van der Waals surface area contributed by atoms with E-state index < -0.39 is 0 Å². The molecule has 7 heavy (non-hydrogen) atoms. The summed E-state index contributed by atoms with van der Waals surface area (Å²) in [5.41, 5.74) is 0. The van der Waals surface area contributed by atoms with Crippen LogP contribution in [0.2, 0.25) is 0 Å². The van der Waals surface area contributed by atoms with Gasteiger partial charge in [0.15, 0.2) is 0 Å². The van der Waals surface area contributed by atoms with Gasteiger partial charge < -0.3 is 0 Å². The van der Waals surface area contributed by atoms with Crippen molar-refractivity contribution in [1.82, 2.24) is 0 Å². The van der Waals surface area contributed by atoms with Crippen molar-refractivity contribution in [3.63, 3.8) is 0 Å². The zero-order valence-electron chi connectivity index (χ0n) is 4.43. The Balaban J connectivity index is 2.81. The molecule has 0 nitrogen and oxygen atoms in total. The summed E-state index contributed by atoms with van der Waals surface area (Å²) in [7, 11) is 0. The van der Waals surface area contributed by atoms with Crippen LogP contribution in [-0.4, -0.2) is 5.25 Å². The third kappa shape index (κ3) is 6.09. The Kier molecular flexibility index (Phi) is 4.31. The van der Waals surface area contributed by atoms with Crippen LogP contribution < -0.4 is 0 Å². The summed E-state index contributed by atoms with van der Waals surface area (Å²) >= 11 is 4.07. The van der Waals surface area contributed by atoms with Gasteiger partial charge in [-0.3, -0.25) is 0 Å². The van der Waals surface area contributed by atoms with Crippen LogP contribution >= 0.6 is 12.6 Å². The summed E-state index contributed by atoms with van der Waals surface area (Å²) in [6, 6.07) is 0. The van der Waals surface area contributed by atoms with Crippen molar-refractivity contribution in [3.8, 4) is 0 Å². The third-order valence-electron chi connectivity index (χ3n) is 0.704. The quantitative estimate of drug-likeness (QED) is 0.422. The summed E-state index contributed by atoms with van der Waals surface area (Å²) in [5.74, 6) is 0. The lowest BCUT2D eigenvalue weighted by Gasteiger charge is -1.95. The number of thiol groups is 1. The molecule has 0 fully saturated rings. The molecular formula is C6H11S. The van der Waals surface area contributed by atoms with Crippen molar-refractivity contribution in [2.75, 3.05) is 0 Å². The molecule has 1 unspecified atom stereocenters. The lowest BCUT2D eigenvalue weighted by atomic mass is 10.2. The molecule has 1 atom stereocenters. The van der Waals surface area contributed by atoms with E-state index >= 15 is 0 Å². The van der Waals surface area contributed by atoms with Crippen molar-refractivity contribution < 1.29 is 0 Å². The molecule has 0 saturated carbocycles. The first-order valence-corrected chi connectivity index (χ1v) is 2.91. The molecule has 41 valence electrons. The van der Waals surface area contributed by atoms with E-state index in [-0.39, 0.29) is 5.25 Å². The highest BCUT2D eigenvalue weighted by atomic mass is 32.1. The molecule has 0 rings (SSSR count). The van der Waals surface area contributed by atoms with Crippen LogP contribution in [0.3, 0.4) is 0 Å². The van der Waals surface area contributed by atoms with Gasteiger partial charge in [-0.25, -0.2) is 0 Å². The second kappa shape index (κ2) is 4.25. The first kappa shape index (κ1) is 7.09. The predicted octanol–water partition coefficient (Wildman–Crippen LogP) is 2.09. The molecule has 0 aliphatic carbocycles. The van der Waals surface area contributed by atoms with E-state index in [1.807, 2.05) is 6.08 Å². The summed E-state index contributed by atoms with van der Waals surface area (Å²) in [6.45, 7) is 7.26. The molecule has 0 amide bonds. The van der Waals surface area contributed by atoms with Gasteiger partial charge in [0.2, 0.25) is 0 Å². The number of allylic oxidation sites excluding steroid dienone is 1. The fraction of sp³-hybridized carbons (Fsp3) is 0.500. The van der Waals surface area contributed by atoms with E-state index in [0.29, 0.717) is 0 Å². The minimum absolute atomic E-state index is 0.276. The zero-order valence-corrected chi connectivity index (χ0v) is 5.32. The Hall–Kier alpha value is 0.0900. The highest BCUT2D eigenvalue weighted by molar-refractivity contribution is 7.81. The maximum absolute atomic E-state index is 4.07. The molecule has 0 N–H and O–H groups in total. The van der Waals surface area contributed by atoms with Gasteiger partial charge in [0.05, 0.1) is 0 Å². The van der Waals surface area contributed by atoms with Gasteiger partial charge in [-0.05, 0) is 19.8 Å². The molecule has 0 spiro atoms. The Morgan fingerprint density at radius 1 is 1.71 bits per heavy atom. The van der Waals surface area contributed by atoms with E-state index in [1.54, 1.807) is 0 Å². The van der Waals surface area contributed by atoms with Crippen LogP contribution in [0.25, 0.3) is 0 Å². The molecule has 0 aliphatic heterocycles. The van der Waals surface area contributed by atoms with Crippen LogP contribution in [-0.2, 0) is 0 Å². The molecule has 0 bridgehead atoms. The number of hydrogen-bond donors (Lipinski definition) is 1. The van der Waals surface area contributed by atoms with Crippen molar-refractivity contribution >= 4 is 12.6 Å². The molecule has 1 heteroatoms. The largest absolute Gasteiger partial charge is 0.176 e. The maximum atomic E-state index is 4.07. The summed E-state index contributed by atoms with van der Waals surface area (Å²) in [6.07, 6.45) is 3.94. The first-order chi connectivity index (χ1) is 3.27. The van der Waals surface area contributed by atoms with Crippen LogP contribution in [0.4, 0.5) is 0 Å².